The first kappa shape index (κ1) is 17.0. The monoisotopic (exact) mass is 352 g/mol. The molecule has 10 heteroatoms. The molecule has 1 amide bonds. The zero-order valence-corrected chi connectivity index (χ0v) is 13.8. The first-order chi connectivity index (χ1) is 11.0. The lowest BCUT2D eigenvalue weighted by atomic mass is 10.3. The van der Waals surface area contributed by atoms with Crippen molar-refractivity contribution in [2.45, 2.75) is 5.75 Å². The summed E-state index contributed by atoms with van der Waals surface area (Å²) in [6.45, 7) is 0.502. The van der Waals surface area contributed by atoms with Crippen molar-refractivity contribution >= 4 is 40.1 Å². The van der Waals surface area contributed by atoms with E-state index in [0.29, 0.717) is 27.7 Å². The van der Waals surface area contributed by atoms with Gasteiger partial charge < -0.3 is 22.0 Å². The molecule has 2 rings (SSSR count). The zero-order chi connectivity index (χ0) is 16.7. The van der Waals surface area contributed by atoms with Gasteiger partial charge in [-0.05, 0) is 6.07 Å². The molecule has 2 aromatic rings. The number of amides is 1. The highest BCUT2D eigenvalue weighted by Gasteiger charge is 2.07. The minimum atomic E-state index is -0.264. The van der Waals surface area contributed by atoms with Gasteiger partial charge in [0.2, 0.25) is 5.13 Å². The smallest absolute Gasteiger partial charge is 0.257 e. The predicted octanol–water partition coefficient (Wildman–Crippen LogP) is 0.345. The molecule has 122 valence electrons. The molecular formula is C13H16N6O2S2. The first-order valence-electron chi connectivity index (χ1n) is 6.63. The molecule has 0 saturated heterocycles. The minimum Gasteiger partial charge on any atom is -0.619 e. The Kier molecular flexibility index (Phi) is 6.18. The molecule has 0 unspecified atom stereocenters. The summed E-state index contributed by atoms with van der Waals surface area (Å²) in [5, 5.41) is 16.3. The Labute approximate surface area is 141 Å². The molecule has 0 atom stereocenters. The minimum absolute atomic E-state index is 0.0124. The van der Waals surface area contributed by atoms with Crippen LogP contribution in [0.25, 0.3) is 0 Å². The van der Waals surface area contributed by atoms with E-state index in [2.05, 4.69) is 15.3 Å². The van der Waals surface area contributed by atoms with E-state index in [0.717, 1.165) is 11.4 Å². The number of hydrogen-bond acceptors (Lipinski definition) is 6. The molecule has 0 aliphatic carbocycles. The van der Waals surface area contributed by atoms with E-state index >= 15 is 0 Å². The van der Waals surface area contributed by atoms with Crippen LogP contribution in [0.2, 0.25) is 0 Å². The lowest BCUT2D eigenvalue weighted by molar-refractivity contribution is -0.605. The molecule has 0 aromatic carbocycles. The van der Waals surface area contributed by atoms with Crippen molar-refractivity contribution in [3.05, 3.63) is 46.4 Å². The number of aromatic nitrogens is 2. The number of rotatable bonds is 7. The van der Waals surface area contributed by atoms with Gasteiger partial charge in [-0.3, -0.25) is 4.79 Å². The van der Waals surface area contributed by atoms with Gasteiger partial charge in [-0.15, -0.1) is 11.3 Å². The van der Waals surface area contributed by atoms with Crippen LogP contribution in [0.1, 0.15) is 16.1 Å². The molecule has 0 bridgehead atoms. The molecule has 2 heterocycles. The second kappa shape index (κ2) is 8.34. The highest BCUT2D eigenvalue weighted by Crippen LogP contribution is 2.21. The summed E-state index contributed by atoms with van der Waals surface area (Å²) in [6.07, 6.45) is 2.57. The molecule has 23 heavy (non-hydrogen) atoms. The predicted molar refractivity (Wildman–Crippen MR) is 91.5 cm³/mol. The van der Waals surface area contributed by atoms with E-state index in [-0.39, 0.29) is 11.9 Å². The topological polar surface area (TPSA) is 133 Å². The van der Waals surface area contributed by atoms with Crippen LogP contribution in [0.4, 0.5) is 5.13 Å². The number of hydrogen-bond donors (Lipinski definition) is 3. The number of nitrogens with one attached hydrogen (secondary N) is 1. The number of guanidine groups is 1. The van der Waals surface area contributed by atoms with E-state index < -0.39 is 0 Å². The largest absolute Gasteiger partial charge is 0.619 e. The SMILES string of the molecule is NC(N)=Nc1nc(CSCCNC(=O)c2ccc[n+]([O-])c2)cs1. The van der Waals surface area contributed by atoms with Crippen LogP contribution in [0.3, 0.4) is 0 Å². The molecule has 0 aliphatic rings. The molecule has 0 saturated carbocycles. The Morgan fingerprint density at radius 3 is 3.09 bits per heavy atom. The molecule has 0 spiro atoms. The average Bonchev–Trinajstić information content (AvgIpc) is 2.93. The fourth-order valence-corrected chi connectivity index (χ4v) is 3.19. The standard InChI is InChI=1S/C13H16N6O2S2/c14-12(15)18-13-17-10(8-23-13)7-22-5-3-16-11(20)9-2-1-4-19(21)6-9/h1-2,4,6,8H,3,5,7H2,(H,16,20)(H4,14,15,17,18). The third-order valence-corrected chi connectivity index (χ3v) is 4.36. The zero-order valence-electron chi connectivity index (χ0n) is 12.1. The van der Waals surface area contributed by atoms with E-state index in [1.54, 1.807) is 17.8 Å². The number of pyridine rings is 1. The maximum absolute atomic E-state index is 11.8. The fraction of sp³-hybridized carbons (Fsp3) is 0.231. The number of nitrogens with zero attached hydrogens (tertiary/aromatic N) is 3. The molecule has 2 aromatic heterocycles. The van der Waals surface area contributed by atoms with Gasteiger partial charge in [0.05, 0.1) is 5.69 Å². The Morgan fingerprint density at radius 1 is 1.52 bits per heavy atom. The maximum Gasteiger partial charge on any atom is 0.257 e. The Hall–Kier alpha value is -2.33. The number of carbonyl (C=O) groups excluding carboxylic acids is 1. The van der Waals surface area contributed by atoms with Crippen molar-refractivity contribution in [1.29, 1.82) is 0 Å². The summed E-state index contributed by atoms with van der Waals surface area (Å²) in [7, 11) is 0. The summed E-state index contributed by atoms with van der Waals surface area (Å²) in [4.78, 5) is 20.0. The van der Waals surface area contributed by atoms with Gasteiger partial charge in [0.15, 0.2) is 18.4 Å². The lowest BCUT2D eigenvalue weighted by Gasteiger charge is -2.04. The number of aliphatic imine (C=N–C) groups is 1. The van der Waals surface area contributed by atoms with E-state index in [1.165, 1.54) is 29.8 Å². The highest BCUT2D eigenvalue weighted by atomic mass is 32.2. The second-order valence-electron chi connectivity index (χ2n) is 4.42. The number of nitrogens with two attached hydrogens (primary N) is 2. The van der Waals surface area contributed by atoms with Crippen LogP contribution in [-0.2, 0) is 5.75 Å². The van der Waals surface area contributed by atoms with Crippen LogP contribution in [0.15, 0.2) is 34.9 Å². The summed E-state index contributed by atoms with van der Waals surface area (Å²) < 4.78 is 0.597. The Morgan fingerprint density at radius 2 is 2.35 bits per heavy atom. The van der Waals surface area contributed by atoms with E-state index in [1.807, 2.05) is 5.38 Å². The Balaban J connectivity index is 1.69. The van der Waals surface area contributed by atoms with Crippen LogP contribution in [0, 0.1) is 5.21 Å². The van der Waals surface area contributed by atoms with Crippen molar-refractivity contribution in [3.8, 4) is 0 Å². The van der Waals surface area contributed by atoms with Gasteiger partial charge in [-0.25, -0.2) is 4.98 Å². The van der Waals surface area contributed by atoms with Crippen molar-refractivity contribution < 1.29 is 9.52 Å². The van der Waals surface area contributed by atoms with Gasteiger partial charge >= 0.3 is 0 Å². The van der Waals surface area contributed by atoms with Crippen LogP contribution >= 0.6 is 23.1 Å². The first-order valence-corrected chi connectivity index (χ1v) is 8.67. The number of thioether (sulfide) groups is 1. The van der Waals surface area contributed by atoms with Crippen LogP contribution < -0.4 is 21.5 Å². The van der Waals surface area contributed by atoms with Gasteiger partial charge in [0.25, 0.3) is 5.91 Å². The quantitative estimate of drug-likeness (QED) is 0.216. The van der Waals surface area contributed by atoms with Crippen molar-refractivity contribution in [2.24, 2.45) is 16.5 Å². The molecule has 8 nitrogen and oxygen atoms in total. The maximum atomic E-state index is 11.8. The normalized spacial score (nSPS) is 10.3. The van der Waals surface area contributed by atoms with E-state index in [4.69, 9.17) is 11.5 Å². The molecular weight excluding hydrogens is 336 g/mol. The van der Waals surface area contributed by atoms with Gasteiger partial charge in [0.1, 0.15) is 5.56 Å². The fourth-order valence-electron chi connectivity index (χ4n) is 1.63. The van der Waals surface area contributed by atoms with Gasteiger partial charge in [-0.1, -0.05) is 0 Å². The molecule has 0 fully saturated rings. The molecule has 0 aliphatic heterocycles. The molecule has 5 N–H and O–H groups in total. The van der Waals surface area contributed by atoms with Crippen LogP contribution in [-0.4, -0.2) is 29.1 Å². The summed E-state index contributed by atoms with van der Waals surface area (Å²) in [5.41, 5.74) is 11.8. The average molecular weight is 352 g/mol. The van der Waals surface area contributed by atoms with Crippen molar-refractivity contribution in [1.82, 2.24) is 10.3 Å². The summed E-state index contributed by atoms with van der Waals surface area (Å²) in [5.74, 6) is 1.16. The van der Waals surface area contributed by atoms with Gasteiger partial charge in [0, 0.05) is 29.5 Å². The molecule has 0 radical (unpaired) electrons. The number of thiazole rings is 1. The summed E-state index contributed by atoms with van der Waals surface area (Å²) >= 11 is 3.00. The Bertz CT molecular complexity index is 699. The lowest BCUT2D eigenvalue weighted by Crippen LogP contribution is -2.30. The van der Waals surface area contributed by atoms with Gasteiger partial charge in [-0.2, -0.15) is 21.5 Å². The van der Waals surface area contributed by atoms with Crippen LogP contribution in [0.5, 0.6) is 0 Å². The highest BCUT2D eigenvalue weighted by molar-refractivity contribution is 7.98. The third-order valence-electron chi connectivity index (χ3n) is 2.58. The van der Waals surface area contributed by atoms with E-state index in [9.17, 15) is 10.0 Å². The summed E-state index contributed by atoms with van der Waals surface area (Å²) in [6, 6.07) is 3.13. The van der Waals surface area contributed by atoms with Crippen molar-refractivity contribution in [2.75, 3.05) is 12.3 Å². The number of carbonyl (C=O) groups is 1. The third kappa shape index (κ3) is 5.75. The second-order valence-corrected chi connectivity index (χ2v) is 6.36. The van der Waals surface area contributed by atoms with Crippen molar-refractivity contribution in [3.63, 3.8) is 0 Å².